The summed E-state index contributed by atoms with van der Waals surface area (Å²) in [5.41, 5.74) is 2.03. The number of aromatic nitrogens is 2. The molecule has 3 aromatic rings. The fourth-order valence-electron chi connectivity index (χ4n) is 4.44. The smallest absolute Gasteiger partial charge is 0.260 e. The van der Waals surface area contributed by atoms with Gasteiger partial charge in [0.25, 0.3) is 5.91 Å². The Labute approximate surface area is 197 Å². The second-order valence-corrected chi connectivity index (χ2v) is 8.79. The Bertz CT molecular complexity index is 1190. The van der Waals surface area contributed by atoms with Crippen LogP contribution in [0.25, 0.3) is 0 Å². The van der Waals surface area contributed by atoms with Gasteiger partial charge < -0.3 is 14.5 Å². The number of halogens is 2. The minimum absolute atomic E-state index is 0.114. The third kappa shape index (κ3) is 4.44. The molecule has 1 amide bonds. The first-order valence-corrected chi connectivity index (χ1v) is 11.6. The summed E-state index contributed by atoms with van der Waals surface area (Å²) in [5, 5.41) is 0. The highest BCUT2D eigenvalue weighted by atomic mass is 19.1. The molecule has 6 nitrogen and oxygen atoms in total. The van der Waals surface area contributed by atoms with Crippen molar-refractivity contribution in [1.29, 1.82) is 0 Å². The number of carbonyl (C=O) groups excluding carboxylic acids is 1. The minimum atomic E-state index is -0.872. The second-order valence-electron chi connectivity index (χ2n) is 8.79. The Kier molecular flexibility index (Phi) is 6.13. The van der Waals surface area contributed by atoms with Crippen molar-refractivity contribution >= 4 is 11.9 Å². The van der Waals surface area contributed by atoms with Crippen LogP contribution in [-0.4, -0.2) is 40.4 Å². The summed E-state index contributed by atoms with van der Waals surface area (Å²) in [6.07, 6.45) is 3.82. The van der Waals surface area contributed by atoms with E-state index >= 15 is 0 Å². The van der Waals surface area contributed by atoms with E-state index < -0.39 is 23.1 Å². The molecular weight excluding hydrogens is 438 g/mol. The molecule has 0 bridgehead atoms. The molecule has 3 heterocycles. The van der Waals surface area contributed by atoms with Crippen molar-refractivity contribution < 1.29 is 18.3 Å². The topological polar surface area (TPSA) is 58.6 Å². The minimum Gasteiger partial charge on any atom is -0.438 e. The molecule has 0 spiro atoms. The number of amides is 1. The highest BCUT2D eigenvalue weighted by Crippen LogP contribution is 2.33. The third-order valence-electron chi connectivity index (χ3n) is 6.35. The fraction of sp³-hybridized carbons (Fsp3) is 0.346. The molecule has 0 atom stereocenters. The molecule has 1 saturated heterocycles. The maximum atomic E-state index is 14.3. The lowest BCUT2D eigenvalue weighted by Gasteiger charge is -2.32. The molecule has 0 radical (unpaired) electrons. The molecule has 176 valence electrons. The number of carbonyl (C=O) groups is 1. The Morgan fingerprint density at radius 1 is 0.941 bits per heavy atom. The second kappa shape index (κ2) is 9.37. The summed E-state index contributed by atoms with van der Waals surface area (Å²) >= 11 is 0. The van der Waals surface area contributed by atoms with E-state index in [0.717, 1.165) is 49.3 Å². The Hall–Kier alpha value is -3.55. The average molecular weight is 465 g/mol. The number of rotatable bonds is 4. The highest BCUT2D eigenvalue weighted by Gasteiger charge is 2.30. The van der Waals surface area contributed by atoms with Crippen LogP contribution in [0.3, 0.4) is 0 Å². The van der Waals surface area contributed by atoms with E-state index in [1.807, 2.05) is 31.2 Å². The van der Waals surface area contributed by atoms with Crippen LogP contribution in [0.4, 0.5) is 14.7 Å². The molecule has 34 heavy (non-hydrogen) atoms. The SMILES string of the molecule is Cc1ccc(Oc2nc(N3CCCCC3)nc3c2CN(C(=O)c2c(F)cccc2F)CC3)cc1. The van der Waals surface area contributed by atoms with Gasteiger partial charge in [0.15, 0.2) is 0 Å². The molecule has 5 rings (SSSR count). The van der Waals surface area contributed by atoms with Crippen molar-refractivity contribution in [3.63, 3.8) is 0 Å². The summed E-state index contributed by atoms with van der Waals surface area (Å²) in [7, 11) is 0. The number of piperidine rings is 1. The van der Waals surface area contributed by atoms with Gasteiger partial charge in [-0.25, -0.2) is 13.8 Å². The van der Waals surface area contributed by atoms with Crippen LogP contribution in [-0.2, 0) is 13.0 Å². The van der Waals surface area contributed by atoms with Gasteiger partial charge in [-0.2, -0.15) is 4.98 Å². The summed E-state index contributed by atoms with van der Waals surface area (Å²) in [4.78, 5) is 26.2. The monoisotopic (exact) mass is 464 g/mol. The molecule has 2 aromatic carbocycles. The van der Waals surface area contributed by atoms with E-state index in [1.54, 1.807) is 0 Å². The van der Waals surface area contributed by atoms with Gasteiger partial charge in [-0.05, 0) is 50.5 Å². The van der Waals surface area contributed by atoms with Gasteiger partial charge in [-0.15, -0.1) is 0 Å². The van der Waals surface area contributed by atoms with Crippen LogP contribution < -0.4 is 9.64 Å². The normalized spacial score (nSPS) is 15.7. The van der Waals surface area contributed by atoms with Gasteiger partial charge >= 0.3 is 0 Å². The van der Waals surface area contributed by atoms with Gasteiger partial charge in [0, 0.05) is 26.1 Å². The summed E-state index contributed by atoms with van der Waals surface area (Å²) in [6, 6.07) is 11.1. The van der Waals surface area contributed by atoms with E-state index in [0.29, 0.717) is 36.1 Å². The van der Waals surface area contributed by atoms with Crippen LogP contribution in [0, 0.1) is 18.6 Å². The molecular formula is C26H26F2N4O2. The highest BCUT2D eigenvalue weighted by molar-refractivity contribution is 5.95. The van der Waals surface area contributed by atoms with Crippen molar-refractivity contribution in [2.24, 2.45) is 0 Å². The summed E-state index contributed by atoms with van der Waals surface area (Å²) < 4.78 is 34.7. The van der Waals surface area contributed by atoms with Gasteiger partial charge in [-0.1, -0.05) is 23.8 Å². The maximum absolute atomic E-state index is 14.3. The van der Waals surface area contributed by atoms with E-state index in [4.69, 9.17) is 14.7 Å². The lowest BCUT2D eigenvalue weighted by molar-refractivity contribution is 0.0722. The largest absolute Gasteiger partial charge is 0.438 e. The average Bonchev–Trinajstić information content (AvgIpc) is 2.85. The zero-order valence-electron chi connectivity index (χ0n) is 19.1. The Morgan fingerprint density at radius 2 is 1.65 bits per heavy atom. The molecule has 8 heteroatoms. The molecule has 1 fully saturated rings. The zero-order valence-corrected chi connectivity index (χ0v) is 19.1. The van der Waals surface area contributed by atoms with E-state index in [2.05, 4.69) is 4.90 Å². The number of hydrogen-bond acceptors (Lipinski definition) is 5. The van der Waals surface area contributed by atoms with Crippen molar-refractivity contribution in [3.05, 3.63) is 76.5 Å². The molecule has 1 aromatic heterocycles. The molecule has 0 aliphatic carbocycles. The number of ether oxygens (including phenoxy) is 1. The van der Waals surface area contributed by atoms with Gasteiger partial charge in [0.05, 0.1) is 17.8 Å². The fourth-order valence-corrected chi connectivity index (χ4v) is 4.44. The Morgan fingerprint density at radius 3 is 2.35 bits per heavy atom. The lowest BCUT2D eigenvalue weighted by atomic mass is 10.0. The number of nitrogens with zero attached hydrogens (tertiary/aromatic N) is 4. The first-order valence-electron chi connectivity index (χ1n) is 11.6. The van der Waals surface area contributed by atoms with E-state index in [9.17, 15) is 13.6 Å². The van der Waals surface area contributed by atoms with Crippen LogP contribution in [0.1, 0.15) is 46.4 Å². The van der Waals surface area contributed by atoms with Crippen LogP contribution in [0.5, 0.6) is 11.6 Å². The van der Waals surface area contributed by atoms with Crippen molar-refractivity contribution in [2.75, 3.05) is 24.5 Å². The molecule has 0 N–H and O–H groups in total. The predicted molar refractivity (Wildman–Crippen MR) is 124 cm³/mol. The van der Waals surface area contributed by atoms with E-state index in [-0.39, 0.29) is 6.54 Å². The van der Waals surface area contributed by atoms with Crippen molar-refractivity contribution in [2.45, 2.75) is 39.2 Å². The van der Waals surface area contributed by atoms with Gasteiger partial charge in [-0.3, -0.25) is 4.79 Å². The first kappa shape index (κ1) is 22.3. The lowest BCUT2D eigenvalue weighted by Crippen LogP contribution is -2.38. The summed E-state index contributed by atoms with van der Waals surface area (Å²) in [5.74, 6) is -0.809. The molecule has 2 aliphatic heterocycles. The van der Waals surface area contributed by atoms with Crippen molar-refractivity contribution in [1.82, 2.24) is 14.9 Å². The molecule has 2 aliphatic rings. The third-order valence-corrected chi connectivity index (χ3v) is 6.35. The number of fused-ring (bicyclic) bond motifs is 1. The van der Waals surface area contributed by atoms with Gasteiger partial charge in [0.2, 0.25) is 11.8 Å². The van der Waals surface area contributed by atoms with Crippen LogP contribution in [0.2, 0.25) is 0 Å². The van der Waals surface area contributed by atoms with Crippen LogP contribution in [0.15, 0.2) is 42.5 Å². The number of benzene rings is 2. The van der Waals surface area contributed by atoms with Gasteiger partial charge in [0.1, 0.15) is 22.9 Å². The number of hydrogen-bond donors (Lipinski definition) is 0. The predicted octanol–water partition coefficient (Wildman–Crippen LogP) is 5.04. The van der Waals surface area contributed by atoms with Crippen molar-refractivity contribution in [3.8, 4) is 11.6 Å². The molecule has 0 saturated carbocycles. The van der Waals surface area contributed by atoms with E-state index in [1.165, 1.54) is 17.4 Å². The standard InChI is InChI=1S/C26H26F2N4O2/c1-17-8-10-18(11-9-17)34-24-19-16-32(25(33)23-20(27)6-5-7-21(23)28)15-12-22(19)29-26(30-24)31-13-3-2-4-14-31/h5-11H,2-4,12-16H2,1H3. The summed E-state index contributed by atoms with van der Waals surface area (Å²) in [6.45, 7) is 4.19. The number of anilines is 1. The molecule has 0 unspecified atom stereocenters. The maximum Gasteiger partial charge on any atom is 0.260 e. The Balaban J connectivity index is 1.50. The quantitative estimate of drug-likeness (QED) is 0.541. The number of aryl methyl sites for hydroxylation is 1. The first-order chi connectivity index (χ1) is 16.5. The zero-order chi connectivity index (χ0) is 23.7. The van der Waals surface area contributed by atoms with Crippen LogP contribution >= 0.6 is 0 Å².